The summed E-state index contributed by atoms with van der Waals surface area (Å²) >= 11 is 1.47. The number of pyridine rings is 1. The molecule has 0 unspecified atom stereocenters. The van der Waals surface area contributed by atoms with Crippen LogP contribution in [-0.4, -0.2) is 47.8 Å². The average molecular weight is 420 g/mol. The topological polar surface area (TPSA) is 82.6 Å². The Bertz CT molecular complexity index is 861. The molecule has 2 aromatic rings. The Balaban J connectivity index is 1.19. The largest absolute Gasteiger partial charge is 0.477 e. The van der Waals surface area contributed by atoms with Crippen molar-refractivity contribution in [3.05, 3.63) is 12.1 Å². The first-order valence-corrected chi connectivity index (χ1v) is 11.1. The number of hydrogen-bond acceptors (Lipinski definition) is 7. The van der Waals surface area contributed by atoms with E-state index in [1.807, 2.05) is 19.1 Å². The highest BCUT2D eigenvalue weighted by atomic mass is 32.1. The number of thiazole rings is 1. The van der Waals surface area contributed by atoms with Gasteiger partial charge in [0.15, 0.2) is 4.83 Å². The molecule has 0 spiro atoms. The molecule has 0 aliphatic heterocycles. The predicted molar refractivity (Wildman–Crippen MR) is 111 cm³/mol. The van der Waals surface area contributed by atoms with Crippen LogP contribution in [-0.2, 0) is 9.53 Å². The molecule has 0 radical (unpaired) electrons. The molecule has 2 saturated carbocycles. The summed E-state index contributed by atoms with van der Waals surface area (Å²) < 4.78 is 17.6. The quantitative estimate of drug-likeness (QED) is 0.634. The number of carbonyl (C=O) groups excluding carboxylic acids is 1. The van der Waals surface area contributed by atoms with E-state index in [-0.39, 0.29) is 18.1 Å². The highest BCUT2D eigenvalue weighted by molar-refractivity contribution is 7.19. The Labute approximate surface area is 175 Å². The standard InChI is InChI=1S/C21H29N3O4S/c1-13(22-14(2)25)10-26-16-8-15(9-16)11-27-18-5-4-17-19(24-18)29-20(23-17)28-12-21(3)6-7-21/h4-5,13,15-16H,6-12H2,1-3H3,(H,22,25)/t13-,15-,16-/m0/s1. The zero-order valence-electron chi connectivity index (χ0n) is 17.3. The Morgan fingerprint density at radius 3 is 2.83 bits per heavy atom. The summed E-state index contributed by atoms with van der Waals surface area (Å²) in [6, 6.07) is 3.85. The van der Waals surface area contributed by atoms with Gasteiger partial charge in [0.1, 0.15) is 5.52 Å². The summed E-state index contributed by atoms with van der Waals surface area (Å²) in [6.07, 6.45) is 4.67. The van der Waals surface area contributed by atoms with Crippen molar-refractivity contribution in [2.24, 2.45) is 11.3 Å². The van der Waals surface area contributed by atoms with Gasteiger partial charge in [-0.1, -0.05) is 18.3 Å². The minimum Gasteiger partial charge on any atom is -0.477 e. The van der Waals surface area contributed by atoms with Gasteiger partial charge in [-0.3, -0.25) is 4.79 Å². The van der Waals surface area contributed by atoms with Gasteiger partial charge in [0.2, 0.25) is 11.8 Å². The Morgan fingerprint density at radius 2 is 2.10 bits per heavy atom. The van der Waals surface area contributed by atoms with E-state index in [2.05, 4.69) is 22.2 Å². The smallest absolute Gasteiger partial charge is 0.275 e. The van der Waals surface area contributed by atoms with Crippen LogP contribution in [0.3, 0.4) is 0 Å². The number of fused-ring (bicyclic) bond motifs is 1. The lowest BCUT2D eigenvalue weighted by molar-refractivity contribution is -0.120. The fourth-order valence-corrected chi connectivity index (χ4v) is 4.12. The van der Waals surface area contributed by atoms with Crippen molar-refractivity contribution < 1.29 is 19.0 Å². The number of amides is 1. The molecule has 0 saturated heterocycles. The summed E-state index contributed by atoms with van der Waals surface area (Å²) in [6.45, 7) is 7.62. The maximum atomic E-state index is 11.0. The molecular weight excluding hydrogens is 390 g/mol. The van der Waals surface area contributed by atoms with Crippen LogP contribution in [0, 0.1) is 11.3 Å². The third-order valence-electron chi connectivity index (χ3n) is 5.55. The van der Waals surface area contributed by atoms with Gasteiger partial charge in [-0.2, -0.15) is 0 Å². The van der Waals surface area contributed by atoms with Crippen molar-refractivity contribution in [3.8, 4) is 11.1 Å². The molecule has 4 rings (SSSR count). The van der Waals surface area contributed by atoms with Crippen LogP contribution in [0.25, 0.3) is 10.3 Å². The fraction of sp³-hybridized carbons (Fsp3) is 0.667. The van der Waals surface area contributed by atoms with Crippen molar-refractivity contribution in [2.45, 2.75) is 58.6 Å². The zero-order chi connectivity index (χ0) is 20.4. The summed E-state index contributed by atoms with van der Waals surface area (Å²) in [5, 5.41) is 3.51. The van der Waals surface area contributed by atoms with Crippen LogP contribution >= 0.6 is 11.3 Å². The lowest BCUT2D eigenvalue weighted by atomic mass is 9.83. The molecule has 2 aliphatic rings. The lowest BCUT2D eigenvalue weighted by Gasteiger charge is -2.35. The van der Waals surface area contributed by atoms with Crippen LogP contribution in [0.5, 0.6) is 11.1 Å². The SMILES string of the molecule is CC(=O)N[C@@H](C)CO[C@H]1C[C@H](COc2ccc3nc(OCC4(C)CC4)sc3n2)C1. The van der Waals surface area contributed by atoms with Gasteiger partial charge < -0.3 is 19.5 Å². The van der Waals surface area contributed by atoms with Crippen LogP contribution in [0.1, 0.15) is 46.5 Å². The molecule has 2 heterocycles. The van der Waals surface area contributed by atoms with E-state index in [1.165, 1.54) is 31.1 Å². The Kier molecular flexibility index (Phi) is 5.92. The minimum absolute atomic E-state index is 0.0257. The average Bonchev–Trinajstić information content (AvgIpc) is 3.23. The number of nitrogens with one attached hydrogen (secondary N) is 1. The molecule has 2 fully saturated rings. The highest BCUT2D eigenvalue weighted by Crippen LogP contribution is 2.45. The molecular formula is C21H29N3O4S. The molecule has 2 aliphatic carbocycles. The van der Waals surface area contributed by atoms with E-state index in [0.717, 1.165) is 29.8 Å². The van der Waals surface area contributed by atoms with Gasteiger partial charge in [-0.15, -0.1) is 0 Å². The molecule has 1 atom stereocenters. The summed E-state index contributed by atoms with van der Waals surface area (Å²) in [5.74, 6) is 1.08. The van der Waals surface area contributed by atoms with Crippen molar-refractivity contribution in [1.82, 2.24) is 15.3 Å². The van der Waals surface area contributed by atoms with Gasteiger partial charge in [-0.05, 0) is 44.6 Å². The van der Waals surface area contributed by atoms with Gasteiger partial charge >= 0.3 is 0 Å². The number of carbonyl (C=O) groups is 1. The Morgan fingerprint density at radius 1 is 1.31 bits per heavy atom. The van der Waals surface area contributed by atoms with Gasteiger partial charge in [-0.25, -0.2) is 9.97 Å². The second-order valence-corrected chi connectivity index (χ2v) is 9.70. The first-order chi connectivity index (χ1) is 13.9. The third kappa shape index (κ3) is 5.57. The van der Waals surface area contributed by atoms with Crippen molar-refractivity contribution >= 4 is 27.6 Å². The molecule has 1 N–H and O–H groups in total. The van der Waals surface area contributed by atoms with Crippen molar-refractivity contribution in [3.63, 3.8) is 0 Å². The van der Waals surface area contributed by atoms with Crippen molar-refractivity contribution in [1.29, 1.82) is 0 Å². The van der Waals surface area contributed by atoms with Crippen LogP contribution in [0.4, 0.5) is 0 Å². The Hall–Kier alpha value is -1.93. The first-order valence-electron chi connectivity index (χ1n) is 10.3. The predicted octanol–water partition coefficient (Wildman–Crippen LogP) is 3.57. The fourth-order valence-electron chi connectivity index (χ4n) is 3.34. The highest BCUT2D eigenvalue weighted by Gasteiger charge is 2.38. The number of hydrogen-bond donors (Lipinski definition) is 1. The van der Waals surface area contributed by atoms with E-state index in [4.69, 9.17) is 14.2 Å². The normalized spacial score (nSPS) is 23.3. The third-order valence-corrected chi connectivity index (χ3v) is 6.43. The molecule has 0 aromatic carbocycles. The number of aromatic nitrogens is 2. The van der Waals surface area contributed by atoms with Gasteiger partial charge in [0, 0.05) is 24.4 Å². The lowest BCUT2D eigenvalue weighted by Crippen LogP contribution is -2.40. The molecule has 158 valence electrons. The van der Waals surface area contributed by atoms with Crippen LogP contribution in [0.2, 0.25) is 0 Å². The number of nitrogens with zero attached hydrogens (tertiary/aromatic N) is 2. The maximum Gasteiger partial charge on any atom is 0.275 e. The minimum atomic E-state index is -0.0257. The van der Waals surface area contributed by atoms with E-state index in [9.17, 15) is 4.79 Å². The van der Waals surface area contributed by atoms with E-state index < -0.39 is 0 Å². The monoisotopic (exact) mass is 419 g/mol. The van der Waals surface area contributed by atoms with Gasteiger partial charge in [0.25, 0.3) is 5.19 Å². The van der Waals surface area contributed by atoms with Gasteiger partial charge in [0.05, 0.1) is 25.9 Å². The van der Waals surface area contributed by atoms with E-state index in [1.54, 1.807) is 0 Å². The summed E-state index contributed by atoms with van der Waals surface area (Å²) in [7, 11) is 0. The number of ether oxygens (including phenoxy) is 3. The second kappa shape index (κ2) is 8.44. The van der Waals surface area contributed by atoms with Crippen molar-refractivity contribution in [2.75, 3.05) is 19.8 Å². The summed E-state index contributed by atoms with van der Waals surface area (Å²) in [4.78, 5) is 20.9. The molecule has 8 heteroatoms. The zero-order valence-corrected chi connectivity index (χ0v) is 18.1. The van der Waals surface area contributed by atoms with E-state index >= 15 is 0 Å². The molecule has 2 aromatic heterocycles. The van der Waals surface area contributed by atoms with E-state index in [0.29, 0.717) is 35.6 Å². The van der Waals surface area contributed by atoms with Crippen LogP contribution in [0.15, 0.2) is 12.1 Å². The molecule has 29 heavy (non-hydrogen) atoms. The molecule has 0 bridgehead atoms. The number of rotatable bonds is 10. The second-order valence-electron chi connectivity index (χ2n) is 8.76. The maximum absolute atomic E-state index is 11.0. The summed E-state index contributed by atoms with van der Waals surface area (Å²) in [5.41, 5.74) is 1.19. The molecule has 1 amide bonds. The first kappa shape index (κ1) is 20.3. The molecule has 7 nitrogen and oxygen atoms in total. The van der Waals surface area contributed by atoms with Crippen LogP contribution < -0.4 is 14.8 Å².